The summed E-state index contributed by atoms with van der Waals surface area (Å²) < 4.78 is 17.7. The zero-order valence-electron chi connectivity index (χ0n) is 15.2. The summed E-state index contributed by atoms with van der Waals surface area (Å²) in [5.41, 5.74) is 2.91. The van der Waals surface area contributed by atoms with Crippen molar-refractivity contribution in [2.45, 2.75) is 6.61 Å². The predicted octanol–water partition coefficient (Wildman–Crippen LogP) is 5.64. The molecule has 0 heterocycles. The average Bonchev–Trinajstić information content (AvgIpc) is 2.72. The summed E-state index contributed by atoms with van der Waals surface area (Å²) in [6, 6.07) is 21.6. The molecule has 0 saturated carbocycles. The van der Waals surface area contributed by atoms with E-state index >= 15 is 0 Å². The van der Waals surface area contributed by atoms with Crippen LogP contribution in [0.2, 0.25) is 0 Å². The first-order valence-corrected chi connectivity index (χ1v) is 9.50. The smallest absolute Gasteiger partial charge is 0.174 e. The van der Waals surface area contributed by atoms with E-state index in [4.69, 9.17) is 14.2 Å². The van der Waals surface area contributed by atoms with Crippen LogP contribution in [0.4, 0.5) is 5.69 Å². The van der Waals surface area contributed by atoms with E-state index in [-0.39, 0.29) is 0 Å². The van der Waals surface area contributed by atoms with Gasteiger partial charge in [-0.25, -0.2) is 0 Å². The maximum Gasteiger partial charge on any atom is 0.174 e. The summed E-state index contributed by atoms with van der Waals surface area (Å²) in [6.45, 7) is 0.493. The Hall–Kier alpha value is -2.54. The minimum absolute atomic E-state index is 0.493. The van der Waals surface area contributed by atoms with Crippen LogP contribution in [0.3, 0.4) is 0 Å². The lowest BCUT2D eigenvalue weighted by Gasteiger charge is -2.13. The number of ether oxygens (including phenoxy) is 3. The van der Waals surface area contributed by atoms with E-state index in [1.807, 2.05) is 72.9 Å². The molecule has 5 heteroatoms. The first kappa shape index (κ1) is 19.2. The topological polar surface area (TPSA) is 40.0 Å². The highest BCUT2D eigenvalue weighted by Crippen LogP contribution is 2.34. The molecule has 0 radical (unpaired) electrons. The van der Waals surface area contributed by atoms with Gasteiger partial charge >= 0.3 is 0 Å². The van der Waals surface area contributed by atoms with E-state index in [0.717, 1.165) is 31.9 Å². The fraction of sp³-hybridized carbons (Fsp3) is 0.136. The highest BCUT2D eigenvalue weighted by atomic mass is 127. The van der Waals surface area contributed by atoms with Crippen LogP contribution < -0.4 is 14.2 Å². The summed E-state index contributed by atoms with van der Waals surface area (Å²) in [5, 5.41) is 0. The third kappa shape index (κ3) is 5.23. The molecule has 3 aromatic rings. The number of methoxy groups -OCH3 is 2. The van der Waals surface area contributed by atoms with Gasteiger partial charge in [-0.3, -0.25) is 4.99 Å². The molecule has 0 saturated heterocycles. The lowest BCUT2D eigenvalue weighted by Crippen LogP contribution is -2.00. The molecule has 0 N–H and O–H groups in total. The minimum atomic E-state index is 0.493. The summed E-state index contributed by atoms with van der Waals surface area (Å²) >= 11 is 2.26. The Morgan fingerprint density at radius 3 is 2.33 bits per heavy atom. The first-order valence-electron chi connectivity index (χ1n) is 8.42. The number of halogens is 1. The van der Waals surface area contributed by atoms with Gasteiger partial charge in [-0.15, -0.1) is 0 Å². The molecule has 3 aromatic carbocycles. The second-order valence-corrected chi connectivity index (χ2v) is 6.93. The van der Waals surface area contributed by atoms with Crippen LogP contribution in [0, 0.1) is 3.57 Å². The third-order valence-electron chi connectivity index (χ3n) is 3.91. The highest BCUT2D eigenvalue weighted by Gasteiger charge is 2.11. The second-order valence-electron chi connectivity index (χ2n) is 5.76. The average molecular weight is 473 g/mol. The molecule has 0 bridgehead atoms. The molecule has 4 nitrogen and oxygen atoms in total. The zero-order chi connectivity index (χ0) is 19.1. The van der Waals surface area contributed by atoms with Gasteiger partial charge in [0.05, 0.1) is 23.5 Å². The zero-order valence-corrected chi connectivity index (χ0v) is 17.3. The molecule has 27 heavy (non-hydrogen) atoms. The van der Waals surface area contributed by atoms with Gasteiger partial charge in [-0.2, -0.15) is 0 Å². The van der Waals surface area contributed by atoms with Gasteiger partial charge in [-0.1, -0.05) is 30.3 Å². The number of nitrogens with zero attached hydrogens (tertiary/aromatic N) is 1. The van der Waals surface area contributed by atoms with Crippen LogP contribution in [-0.4, -0.2) is 20.4 Å². The van der Waals surface area contributed by atoms with Crippen molar-refractivity contribution in [2.24, 2.45) is 4.99 Å². The van der Waals surface area contributed by atoms with Crippen molar-refractivity contribution in [3.05, 3.63) is 81.4 Å². The first-order chi connectivity index (χ1) is 13.2. The molecule has 0 unspecified atom stereocenters. The van der Waals surface area contributed by atoms with Crippen molar-refractivity contribution < 1.29 is 14.2 Å². The lowest BCUT2D eigenvalue weighted by molar-refractivity contribution is 0.282. The fourth-order valence-corrected chi connectivity index (χ4v) is 3.28. The Kier molecular flexibility index (Phi) is 6.70. The molecule has 0 aliphatic heterocycles. The van der Waals surface area contributed by atoms with Gasteiger partial charge in [0.25, 0.3) is 0 Å². The molecule has 0 spiro atoms. The molecule has 0 fully saturated rings. The largest absolute Gasteiger partial charge is 0.497 e. The molecule has 0 aromatic heterocycles. The molecular weight excluding hydrogens is 453 g/mol. The monoisotopic (exact) mass is 473 g/mol. The summed E-state index contributed by atoms with van der Waals surface area (Å²) in [7, 11) is 3.29. The van der Waals surface area contributed by atoms with E-state index < -0.39 is 0 Å². The van der Waals surface area contributed by atoms with E-state index in [9.17, 15) is 0 Å². The number of benzene rings is 3. The van der Waals surface area contributed by atoms with Crippen LogP contribution in [0.1, 0.15) is 11.1 Å². The molecule has 0 aliphatic rings. The maximum atomic E-state index is 6.00. The van der Waals surface area contributed by atoms with E-state index in [1.54, 1.807) is 14.2 Å². The van der Waals surface area contributed by atoms with E-state index in [2.05, 4.69) is 27.6 Å². The van der Waals surface area contributed by atoms with Gasteiger partial charge < -0.3 is 14.2 Å². The van der Waals surface area contributed by atoms with Crippen molar-refractivity contribution >= 4 is 34.5 Å². The van der Waals surface area contributed by atoms with Crippen LogP contribution >= 0.6 is 22.6 Å². The van der Waals surface area contributed by atoms with Gasteiger partial charge in [0.1, 0.15) is 12.4 Å². The Balaban J connectivity index is 1.77. The van der Waals surface area contributed by atoms with Crippen LogP contribution in [0.25, 0.3) is 0 Å². The van der Waals surface area contributed by atoms with Crippen molar-refractivity contribution in [2.75, 3.05) is 14.2 Å². The summed E-state index contributed by atoms with van der Waals surface area (Å²) in [5.74, 6) is 2.24. The van der Waals surface area contributed by atoms with Crippen molar-refractivity contribution in [1.82, 2.24) is 0 Å². The molecule has 0 aliphatic carbocycles. The van der Waals surface area contributed by atoms with E-state index in [0.29, 0.717) is 12.4 Å². The lowest BCUT2D eigenvalue weighted by atomic mass is 10.2. The number of rotatable bonds is 7. The fourth-order valence-electron chi connectivity index (χ4n) is 2.50. The summed E-state index contributed by atoms with van der Waals surface area (Å²) in [4.78, 5) is 4.51. The Morgan fingerprint density at radius 2 is 1.67 bits per heavy atom. The molecule has 0 amide bonds. The normalized spacial score (nSPS) is 10.8. The van der Waals surface area contributed by atoms with Gasteiger partial charge in [0.2, 0.25) is 0 Å². The molecular formula is C22H20INO3. The SMILES string of the molecule is COc1ccc(N=Cc2cc(I)c(OCc3ccccc3)c(OC)c2)cc1. The Morgan fingerprint density at radius 1 is 0.926 bits per heavy atom. The quantitative estimate of drug-likeness (QED) is 0.330. The number of hydrogen-bond acceptors (Lipinski definition) is 4. The van der Waals surface area contributed by atoms with Crippen molar-refractivity contribution in [3.63, 3.8) is 0 Å². The Bertz CT molecular complexity index is 909. The van der Waals surface area contributed by atoms with Crippen LogP contribution in [0.5, 0.6) is 17.2 Å². The number of hydrogen-bond donors (Lipinski definition) is 0. The molecule has 138 valence electrons. The van der Waals surface area contributed by atoms with Crippen molar-refractivity contribution in [1.29, 1.82) is 0 Å². The Labute approximate surface area is 173 Å². The maximum absolute atomic E-state index is 6.00. The van der Waals surface area contributed by atoms with Crippen molar-refractivity contribution in [3.8, 4) is 17.2 Å². The van der Waals surface area contributed by atoms with Gasteiger partial charge in [0, 0.05) is 6.21 Å². The van der Waals surface area contributed by atoms with Gasteiger partial charge in [0.15, 0.2) is 11.5 Å². The summed E-state index contributed by atoms with van der Waals surface area (Å²) in [6.07, 6.45) is 1.81. The second kappa shape index (κ2) is 9.41. The van der Waals surface area contributed by atoms with Crippen LogP contribution in [-0.2, 0) is 6.61 Å². The van der Waals surface area contributed by atoms with E-state index in [1.165, 1.54) is 0 Å². The predicted molar refractivity (Wildman–Crippen MR) is 117 cm³/mol. The standard InChI is InChI=1S/C22H20INO3/c1-25-19-10-8-18(9-11-19)24-14-17-12-20(23)22(21(13-17)26-2)27-15-16-6-4-3-5-7-16/h3-14H,15H2,1-2H3. The number of aliphatic imine (C=N–C) groups is 1. The third-order valence-corrected chi connectivity index (χ3v) is 4.71. The highest BCUT2D eigenvalue weighted by molar-refractivity contribution is 14.1. The molecule has 0 atom stereocenters. The molecule has 3 rings (SSSR count). The van der Waals surface area contributed by atoms with Crippen LogP contribution in [0.15, 0.2) is 71.7 Å². The minimum Gasteiger partial charge on any atom is -0.497 e. The van der Waals surface area contributed by atoms with Gasteiger partial charge in [-0.05, 0) is 70.1 Å².